The fraction of sp³-hybridized carbons (Fsp3) is 0.882. The summed E-state index contributed by atoms with van der Waals surface area (Å²) in [5.74, 6) is 3.41. The zero-order chi connectivity index (χ0) is 14.6. The summed E-state index contributed by atoms with van der Waals surface area (Å²) in [7, 11) is 0. The molecular weight excluding hydrogens is 264 g/mol. The van der Waals surface area contributed by atoms with E-state index in [4.69, 9.17) is 5.73 Å². The number of primary amides is 1. The van der Waals surface area contributed by atoms with Gasteiger partial charge in [0, 0.05) is 24.9 Å². The Morgan fingerprint density at radius 2 is 1.48 bits per heavy atom. The second kappa shape index (κ2) is 4.99. The second-order valence-electron chi connectivity index (χ2n) is 7.87. The first-order valence-corrected chi connectivity index (χ1v) is 8.71. The highest BCUT2D eigenvalue weighted by Crippen LogP contribution is 2.55. The van der Waals surface area contributed by atoms with E-state index in [0.717, 1.165) is 56.0 Å². The number of likely N-dealkylation sites (tertiary alicyclic amines) is 1. The molecule has 0 spiro atoms. The fourth-order valence-corrected chi connectivity index (χ4v) is 5.79. The van der Waals surface area contributed by atoms with Gasteiger partial charge in [0.2, 0.25) is 11.8 Å². The Bertz CT molecular complexity index is 446. The van der Waals surface area contributed by atoms with Crippen LogP contribution in [-0.2, 0) is 9.59 Å². The van der Waals surface area contributed by atoms with Crippen LogP contribution in [0.15, 0.2) is 0 Å². The third kappa shape index (κ3) is 2.18. The molecule has 1 heterocycles. The average molecular weight is 290 g/mol. The highest BCUT2D eigenvalue weighted by atomic mass is 16.2. The number of nitrogens with zero attached hydrogens (tertiary/aromatic N) is 1. The Kier molecular flexibility index (Phi) is 3.23. The lowest BCUT2D eigenvalue weighted by atomic mass is 9.80. The summed E-state index contributed by atoms with van der Waals surface area (Å²) in [6, 6.07) is 0. The summed E-state index contributed by atoms with van der Waals surface area (Å²) < 4.78 is 0. The number of hydrogen-bond donors (Lipinski definition) is 1. The predicted molar refractivity (Wildman–Crippen MR) is 79.0 cm³/mol. The van der Waals surface area contributed by atoms with Crippen LogP contribution in [0.5, 0.6) is 0 Å². The van der Waals surface area contributed by atoms with E-state index in [0.29, 0.717) is 12.3 Å². The summed E-state index contributed by atoms with van der Waals surface area (Å²) in [6.45, 7) is 1.98. The molecule has 4 fully saturated rings. The largest absolute Gasteiger partial charge is 0.369 e. The lowest BCUT2D eigenvalue weighted by Crippen LogP contribution is -2.39. The minimum Gasteiger partial charge on any atom is -0.369 e. The van der Waals surface area contributed by atoms with Crippen LogP contribution in [0.3, 0.4) is 0 Å². The number of nitrogens with two attached hydrogens (primary N) is 1. The van der Waals surface area contributed by atoms with Crippen LogP contribution in [0.2, 0.25) is 0 Å². The van der Waals surface area contributed by atoms with Gasteiger partial charge in [0.15, 0.2) is 0 Å². The maximum atomic E-state index is 12.8. The van der Waals surface area contributed by atoms with Crippen molar-refractivity contribution in [2.45, 2.75) is 44.9 Å². The van der Waals surface area contributed by atoms with Crippen molar-refractivity contribution in [1.82, 2.24) is 4.90 Å². The van der Waals surface area contributed by atoms with Crippen molar-refractivity contribution in [2.75, 3.05) is 13.1 Å². The van der Waals surface area contributed by atoms with Gasteiger partial charge in [0.05, 0.1) is 0 Å². The van der Waals surface area contributed by atoms with Crippen molar-refractivity contribution in [3.8, 4) is 0 Å². The molecule has 4 nitrogen and oxygen atoms in total. The lowest BCUT2D eigenvalue weighted by Gasteiger charge is -2.30. The molecular formula is C17H26N2O2. The van der Waals surface area contributed by atoms with Crippen LogP contribution in [0.4, 0.5) is 0 Å². The van der Waals surface area contributed by atoms with Crippen LogP contribution in [0, 0.1) is 35.5 Å². The van der Waals surface area contributed by atoms with Gasteiger partial charge in [0.1, 0.15) is 0 Å². The Balaban J connectivity index is 1.41. The van der Waals surface area contributed by atoms with Crippen LogP contribution >= 0.6 is 0 Å². The van der Waals surface area contributed by atoms with Gasteiger partial charge in [0.25, 0.3) is 0 Å². The molecule has 0 aromatic rings. The Hall–Kier alpha value is -1.06. The molecule has 0 radical (unpaired) electrons. The van der Waals surface area contributed by atoms with E-state index >= 15 is 0 Å². The Labute approximate surface area is 126 Å². The quantitative estimate of drug-likeness (QED) is 0.842. The predicted octanol–water partition coefficient (Wildman–Crippen LogP) is 1.78. The van der Waals surface area contributed by atoms with E-state index in [1.54, 1.807) is 0 Å². The smallest absolute Gasteiger partial charge is 0.225 e. The molecule has 4 heteroatoms. The maximum absolute atomic E-state index is 12.8. The van der Waals surface area contributed by atoms with Crippen LogP contribution in [0.1, 0.15) is 44.9 Å². The molecule has 1 aliphatic heterocycles. The van der Waals surface area contributed by atoms with Crippen LogP contribution in [0.25, 0.3) is 0 Å². The van der Waals surface area contributed by atoms with Crippen molar-refractivity contribution < 1.29 is 9.59 Å². The molecule has 3 saturated carbocycles. The lowest BCUT2D eigenvalue weighted by molar-refractivity contribution is -0.137. The molecule has 1 saturated heterocycles. The first-order chi connectivity index (χ1) is 10.1. The van der Waals surface area contributed by atoms with E-state index in [1.165, 1.54) is 19.3 Å². The minimum absolute atomic E-state index is 0.0488. The van der Waals surface area contributed by atoms with E-state index in [1.807, 2.05) is 0 Å². The Morgan fingerprint density at radius 1 is 0.857 bits per heavy atom. The topological polar surface area (TPSA) is 63.4 Å². The molecule has 2 bridgehead atoms. The van der Waals surface area contributed by atoms with Gasteiger partial charge >= 0.3 is 0 Å². The molecule has 116 valence electrons. The van der Waals surface area contributed by atoms with E-state index in [2.05, 4.69) is 4.90 Å². The van der Waals surface area contributed by atoms with Gasteiger partial charge in [-0.1, -0.05) is 6.42 Å². The molecule has 6 atom stereocenters. The SMILES string of the molecule is NC(=O)C1CCCC(C(=O)N2CC3C4CCC(C4)C3C2)C1. The molecule has 2 N–H and O–H groups in total. The molecule has 21 heavy (non-hydrogen) atoms. The first kappa shape index (κ1) is 13.6. The molecule has 2 amide bonds. The number of fused-ring (bicyclic) bond motifs is 5. The van der Waals surface area contributed by atoms with Gasteiger partial charge in [-0.25, -0.2) is 0 Å². The van der Waals surface area contributed by atoms with Gasteiger partial charge in [-0.05, 0) is 62.2 Å². The second-order valence-corrected chi connectivity index (χ2v) is 7.87. The van der Waals surface area contributed by atoms with Gasteiger partial charge < -0.3 is 10.6 Å². The van der Waals surface area contributed by atoms with Crippen molar-refractivity contribution >= 4 is 11.8 Å². The molecule has 4 aliphatic rings. The number of carbonyl (C=O) groups is 2. The number of carbonyl (C=O) groups excluding carboxylic acids is 2. The molecule has 0 aromatic carbocycles. The molecule has 0 aromatic heterocycles. The number of amides is 2. The van der Waals surface area contributed by atoms with E-state index in [-0.39, 0.29) is 17.7 Å². The zero-order valence-corrected chi connectivity index (χ0v) is 12.7. The fourth-order valence-electron chi connectivity index (χ4n) is 5.79. The molecule has 3 aliphatic carbocycles. The van der Waals surface area contributed by atoms with Gasteiger partial charge in [-0.3, -0.25) is 9.59 Å². The summed E-state index contributed by atoms with van der Waals surface area (Å²) >= 11 is 0. The third-order valence-corrected chi connectivity index (χ3v) is 6.87. The monoisotopic (exact) mass is 290 g/mol. The zero-order valence-electron chi connectivity index (χ0n) is 12.7. The summed E-state index contributed by atoms with van der Waals surface area (Å²) in [5, 5.41) is 0. The average Bonchev–Trinajstić information content (AvgIpc) is 3.18. The minimum atomic E-state index is -0.219. The molecule has 6 unspecified atom stereocenters. The highest BCUT2D eigenvalue weighted by Gasteiger charge is 2.52. The Morgan fingerprint density at radius 3 is 2.10 bits per heavy atom. The summed E-state index contributed by atoms with van der Waals surface area (Å²) in [4.78, 5) is 26.3. The van der Waals surface area contributed by atoms with E-state index in [9.17, 15) is 9.59 Å². The van der Waals surface area contributed by atoms with Gasteiger partial charge in [-0.15, -0.1) is 0 Å². The van der Waals surface area contributed by atoms with Gasteiger partial charge in [-0.2, -0.15) is 0 Å². The van der Waals surface area contributed by atoms with Crippen molar-refractivity contribution in [1.29, 1.82) is 0 Å². The van der Waals surface area contributed by atoms with Crippen molar-refractivity contribution in [3.05, 3.63) is 0 Å². The summed E-state index contributed by atoms with van der Waals surface area (Å²) in [6.07, 6.45) is 7.67. The van der Waals surface area contributed by atoms with Crippen LogP contribution < -0.4 is 5.73 Å². The normalized spacial score (nSPS) is 44.9. The third-order valence-electron chi connectivity index (χ3n) is 6.87. The number of rotatable bonds is 2. The molecule has 4 rings (SSSR count). The van der Waals surface area contributed by atoms with Crippen LogP contribution in [-0.4, -0.2) is 29.8 Å². The standard InChI is InChI=1S/C17H26N2O2/c18-16(20)12-2-1-3-13(7-12)17(21)19-8-14-10-4-5-11(6-10)15(14)9-19/h10-15H,1-9H2,(H2,18,20). The first-order valence-electron chi connectivity index (χ1n) is 8.71. The number of hydrogen-bond acceptors (Lipinski definition) is 2. The highest BCUT2D eigenvalue weighted by molar-refractivity contribution is 5.82. The van der Waals surface area contributed by atoms with Crippen molar-refractivity contribution in [2.24, 2.45) is 41.2 Å². The summed E-state index contributed by atoms with van der Waals surface area (Å²) in [5.41, 5.74) is 5.44. The van der Waals surface area contributed by atoms with Crippen molar-refractivity contribution in [3.63, 3.8) is 0 Å². The maximum Gasteiger partial charge on any atom is 0.225 e. The van der Waals surface area contributed by atoms with E-state index < -0.39 is 0 Å².